The van der Waals surface area contributed by atoms with Gasteiger partial charge in [0.1, 0.15) is 0 Å². The van der Waals surface area contributed by atoms with Gasteiger partial charge in [-0.05, 0) is 97.2 Å². The lowest BCUT2D eigenvalue weighted by molar-refractivity contribution is -0.132. The monoisotopic (exact) mass is 547 g/mol. The molecule has 1 N–H and O–H groups in total. The molecule has 2 aromatic carbocycles. The third-order valence-corrected chi connectivity index (χ3v) is 8.45. The van der Waals surface area contributed by atoms with Crippen LogP contribution in [0.25, 0.3) is 0 Å². The first-order chi connectivity index (χ1) is 18.0. The SMILES string of the molecule is CC(C)(C)c1ccc(N2CCC(CCC(=O)N3CCCC(Nc4ccc(SC(F)(F)F)cc4)C3)CC2)cc1. The smallest absolute Gasteiger partial charge is 0.381 e. The fourth-order valence-electron chi connectivity index (χ4n) is 5.45. The van der Waals surface area contributed by atoms with Gasteiger partial charge in [-0.1, -0.05) is 32.9 Å². The quantitative estimate of drug-likeness (QED) is 0.361. The van der Waals surface area contributed by atoms with Crippen LogP contribution in [0.5, 0.6) is 0 Å². The Hall–Kier alpha value is -2.35. The van der Waals surface area contributed by atoms with Gasteiger partial charge in [0.15, 0.2) is 0 Å². The lowest BCUT2D eigenvalue weighted by Gasteiger charge is -2.35. The summed E-state index contributed by atoms with van der Waals surface area (Å²) in [5, 5.41) is 3.40. The fraction of sp³-hybridized carbons (Fsp3) is 0.567. The topological polar surface area (TPSA) is 35.6 Å². The fourth-order valence-corrected chi connectivity index (χ4v) is 5.99. The van der Waals surface area contributed by atoms with Gasteiger partial charge in [0.2, 0.25) is 5.91 Å². The second-order valence-corrected chi connectivity index (χ2v) is 12.8. The summed E-state index contributed by atoms with van der Waals surface area (Å²) in [5.74, 6) is 0.796. The predicted molar refractivity (Wildman–Crippen MR) is 151 cm³/mol. The van der Waals surface area contributed by atoms with E-state index in [1.165, 1.54) is 23.4 Å². The zero-order valence-electron chi connectivity index (χ0n) is 22.7. The third-order valence-electron chi connectivity index (χ3n) is 7.71. The maximum Gasteiger partial charge on any atom is 0.446 e. The molecular weight excluding hydrogens is 507 g/mol. The number of carbonyl (C=O) groups is 1. The minimum absolute atomic E-state index is 0.106. The highest BCUT2D eigenvalue weighted by Crippen LogP contribution is 2.37. The third kappa shape index (κ3) is 8.32. The van der Waals surface area contributed by atoms with Crippen LogP contribution in [-0.2, 0) is 10.2 Å². The van der Waals surface area contributed by atoms with Crippen molar-refractivity contribution in [1.82, 2.24) is 4.90 Å². The van der Waals surface area contributed by atoms with E-state index in [0.29, 0.717) is 18.9 Å². The molecule has 2 heterocycles. The van der Waals surface area contributed by atoms with Gasteiger partial charge in [-0.15, -0.1) is 0 Å². The first-order valence-corrected chi connectivity index (χ1v) is 14.5. The van der Waals surface area contributed by atoms with Crippen LogP contribution in [0.2, 0.25) is 0 Å². The highest BCUT2D eigenvalue weighted by molar-refractivity contribution is 8.00. The molecule has 2 saturated heterocycles. The molecule has 2 aromatic rings. The highest BCUT2D eigenvalue weighted by Gasteiger charge is 2.29. The van der Waals surface area contributed by atoms with E-state index in [1.807, 2.05) is 4.90 Å². The van der Waals surface area contributed by atoms with E-state index >= 15 is 0 Å². The number of likely N-dealkylation sites (tertiary alicyclic amines) is 1. The van der Waals surface area contributed by atoms with Crippen molar-refractivity contribution in [2.75, 3.05) is 36.4 Å². The molecule has 0 bridgehead atoms. The summed E-state index contributed by atoms with van der Waals surface area (Å²) >= 11 is -0.106. The van der Waals surface area contributed by atoms with Crippen LogP contribution < -0.4 is 10.2 Å². The van der Waals surface area contributed by atoms with Crippen LogP contribution in [0.15, 0.2) is 53.4 Å². The number of alkyl halides is 3. The molecule has 208 valence electrons. The molecule has 8 heteroatoms. The second kappa shape index (κ2) is 12.2. The zero-order valence-corrected chi connectivity index (χ0v) is 23.5. The molecule has 0 aliphatic carbocycles. The van der Waals surface area contributed by atoms with Crippen LogP contribution in [0.3, 0.4) is 0 Å². The van der Waals surface area contributed by atoms with Crippen molar-refractivity contribution in [2.24, 2.45) is 5.92 Å². The van der Waals surface area contributed by atoms with E-state index in [1.54, 1.807) is 12.1 Å². The molecule has 38 heavy (non-hydrogen) atoms. The Labute approximate surface area is 229 Å². The van der Waals surface area contributed by atoms with Crippen LogP contribution in [0, 0.1) is 5.92 Å². The first-order valence-electron chi connectivity index (χ1n) is 13.7. The molecule has 2 fully saturated rings. The van der Waals surface area contributed by atoms with E-state index in [-0.39, 0.29) is 34.0 Å². The minimum Gasteiger partial charge on any atom is -0.381 e. The highest BCUT2D eigenvalue weighted by atomic mass is 32.2. The summed E-state index contributed by atoms with van der Waals surface area (Å²) in [7, 11) is 0. The number of rotatable bonds is 7. The van der Waals surface area contributed by atoms with E-state index in [2.05, 4.69) is 55.3 Å². The molecule has 4 nitrogen and oxygen atoms in total. The van der Waals surface area contributed by atoms with E-state index in [4.69, 9.17) is 0 Å². The lowest BCUT2D eigenvalue weighted by Crippen LogP contribution is -2.45. The van der Waals surface area contributed by atoms with Gasteiger partial charge < -0.3 is 15.1 Å². The Bertz CT molecular complexity index is 1040. The maximum atomic E-state index is 13.0. The molecule has 2 aliphatic rings. The number of piperidine rings is 2. The van der Waals surface area contributed by atoms with Crippen molar-refractivity contribution in [3.8, 4) is 0 Å². The van der Waals surface area contributed by atoms with E-state index in [9.17, 15) is 18.0 Å². The average Bonchev–Trinajstić information content (AvgIpc) is 2.88. The van der Waals surface area contributed by atoms with Crippen molar-refractivity contribution in [2.45, 2.75) is 81.2 Å². The molecule has 1 unspecified atom stereocenters. The number of carbonyl (C=O) groups excluding carboxylic acids is 1. The number of hydrogen-bond acceptors (Lipinski definition) is 4. The van der Waals surface area contributed by atoms with E-state index < -0.39 is 5.51 Å². The molecule has 0 radical (unpaired) electrons. The summed E-state index contributed by atoms with van der Waals surface area (Å²) in [4.78, 5) is 17.6. The van der Waals surface area contributed by atoms with Crippen molar-refractivity contribution < 1.29 is 18.0 Å². The maximum absolute atomic E-state index is 13.0. The minimum atomic E-state index is -4.28. The molecule has 4 rings (SSSR count). The second-order valence-electron chi connectivity index (χ2n) is 11.7. The van der Waals surface area contributed by atoms with Crippen LogP contribution in [0.1, 0.15) is 64.9 Å². The van der Waals surface area contributed by atoms with Crippen LogP contribution in [-0.4, -0.2) is 48.5 Å². The number of amides is 1. The van der Waals surface area contributed by atoms with Crippen molar-refractivity contribution in [3.63, 3.8) is 0 Å². The molecule has 1 amide bonds. The normalized spacial score (nSPS) is 19.5. The number of halogens is 3. The van der Waals surface area contributed by atoms with E-state index in [0.717, 1.165) is 57.4 Å². The van der Waals surface area contributed by atoms with Crippen molar-refractivity contribution in [1.29, 1.82) is 0 Å². The van der Waals surface area contributed by atoms with Gasteiger partial charge in [-0.2, -0.15) is 13.2 Å². The summed E-state index contributed by atoms with van der Waals surface area (Å²) in [6.45, 7) is 10.2. The number of nitrogens with zero attached hydrogens (tertiary/aromatic N) is 2. The number of benzene rings is 2. The first kappa shape index (κ1) is 28.7. The molecule has 2 aliphatic heterocycles. The summed E-state index contributed by atoms with van der Waals surface area (Å²) < 4.78 is 37.7. The zero-order chi connectivity index (χ0) is 27.3. The Morgan fingerprint density at radius 2 is 1.61 bits per heavy atom. The van der Waals surface area contributed by atoms with Crippen molar-refractivity contribution in [3.05, 3.63) is 54.1 Å². The molecule has 1 atom stereocenters. The van der Waals surface area contributed by atoms with Crippen molar-refractivity contribution >= 4 is 29.0 Å². The number of anilines is 2. The standard InChI is InChI=1S/C30H40F3N3OS/c1-29(2,3)23-7-11-26(12-8-23)35-19-16-22(17-20-35)6-15-28(37)36-18-4-5-25(21-36)34-24-9-13-27(14-10-24)38-30(31,32)33/h7-14,22,25,34H,4-6,15-21H2,1-3H3. The van der Waals surface area contributed by atoms with Crippen LogP contribution >= 0.6 is 11.8 Å². The molecule has 0 saturated carbocycles. The van der Waals surface area contributed by atoms with Gasteiger partial charge in [0.25, 0.3) is 0 Å². The Morgan fingerprint density at radius 3 is 2.21 bits per heavy atom. The lowest BCUT2D eigenvalue weighted by atomic mass is 9.87. The average molecular weight is 548 g/mol. The Morgan fingerprint density at radius 1 is 0.947 bits per heavy atom. The van der Waals surface area contributed by atoms with Crippen LogP contribution in [0.4, 0.5) is 24.5 Å². The number of nitrogens with one attached hydrogen (secondary N) is 1. The van der Waals surface area contributed by atoms with Gasteiger partial charge in [0, 0.05) is 54.9 Å². The Balaban J connectivity index is 1.19. The Kier molecular flexibility index (Phi) is 9.22. The van der Waals surface area contributed by atoms with Gasteiger partial charge in [-0.25, -0.2) is 0 Å². The molecule has 0 aromatic heterocycles. The van der Waals surface area contributed by atoms with Gasteiger partial charge >= 0.3 is 5.51 Å². The summed E-state index contributed by atoms with van der Waals surface area (Å²) in [5.41, 5.74) is -0.701. The molecule has 0 spiro atoms. The number of hydrogen-bond donors (Lipinski definition) is 1. The predicted octanol–water partition coefficient (Wildman–Crippen LogP) is 7.70. The largest absolute Gasteiger partial charge is 0.446 e. The van der Waals surface area contributed by atoms with Gasteiger partial charge in [-0.3, -0.25) is 4.79 Å². The molecular formula is C30H40F3N3OS. The van der Waals surface area contributed by atoms with Gasteiger partial charge in [0.05, 0.1) is 0 Å². The summed E-state index contributed by atoms with van der Waals surface area (Å²) in [6.07, 6.45) is 5.61. The summed E-state index contributed by atoms with van der Waals surface area (Å²) in [6, 6.07) is 15.4. The number of thioether (sulfide) groups is 1.